The average molecular weight is 330 g/mol. The van der Waals surface area contributed by atoms with Gasteiger partial charge < -0.3 is 10.4 Å². The van der Waals surface area contributed by atoms with E-state index in [2.05, 4.69) is 21.4 Å². The standard InChI is InChI=1S/C20H18N4O/c1-13-4-3-5-16(10-13)19(25)18-14(2)12-22-20(24-18)23-17-8-6-15(11-21)7-9-17/h3-10,12,19,25H,1-2H3,(H,22,23,24). The molecular formula is C20H18N4O. The molecular weight excluding hydrogens is 312 g/mol. The number of hydrogen-bond acceptors (Lipinski definition) is 5. The molecule has 2 aromatic carbocycles. The maximum Gasteiger partial charge on any atom is 0.227 e. The molecule has 0 amide bonds. The lowest BCUT2D eigenvalue weighted by molar-refractivity contribution is 0.214. The first kappa shape index (κ1) is 16.6. The number of aliphatic hydroxyl groups excluding tert-OH is 1. The highest BCUT2D eigenvalue weighted by Gasteiger charge is 2.16. The minimum atomic E-state index is -0.815. The van der Waals surface area contributed by atoms with Gasteiger partial charge in [0.15, 0.2) is 0 Å². The van der Waals surface area contributed by atoms with Crippen molar-refractivity contribution in [3.63, 3.8) is 0 Å². The number of benzene rings is 2. The van der Waals surface area contributed by atoms with Crippen LogP contribution in [0.2, 0.25) is 0 Å². The third kappa shape index (κ3) is 3.82. The summed E-state index contributed by atoms with van der Waals surface area (Å²) in [4.78, 5) is 8.75. The van der Waals surface area contributed by atoms with Crippen LogP contribution in [-0.4, -0.2) is 15.1 Å². The molecule has 1 atom stereocenters. The van der Waals surface area contributed by atoms with Crippen molar-refractivity contribution < 1.29 is 5.11 Å². The van der Waals surface area contributed by atoms with Gasteiger partial charge in [-0.25, -0.2) is 9.97 Å². The zero-order chi connectivity index (χ0) is 17.8. The van der Waals surface area contributed by atoms with Crippen molar-refractivity contribution in [2.75, 3.05) is 5.32 Å². The molecule has 2 N–H and O–H groups in total. The van der Waals surface area contributed by atoms with Gasteiger partial charge in [0.05, 0.1) is 17.3 Å². The first-order chi connectivity index (χ1) is 12.1. The Morgan fingerprint density at radius 2 is 1.88 bits per heavy atom. The molecule has 0 saturated heterocycles. The summed E-state index contributed by atoms with van der Waals surface area (Å²) < 4.78 is 0. The molecule has 1 heterocycles. The lowest BCUT2D eigenvalue weighted by Crippen LogP contribution is -2.08. The topological polar surface area (TPSA) is 81.8 Å². The quantitative estimate of drug-likeness (QED) is 0.760. The molecule has 0 spiro atoms. The highest BCUT2D eigenvalue weighted by Crippen LogP contribution is 2.25. The van der Waals surface area contributed by atoms with Crippen molar-refractivity contribution in [3.05, 3.63) is 82.7 Å². The second-order valence-corrected chi connectivity index (χ2v) is 5.89. The largest absolute Gasteiger partial charge is 0.382 e. The van der Waals surface area contributed by atoms with Crippen molar-refractivity contribution in [2.24, 2.45) is 0 Å². The van der Waals surface area contributed by atoms with Crippen LogP contribution in [0.25, 0.3) is 0 Å². The third-order valence-electron chi connectivity index (χ3n) is 3.90. The Bertz CT molecular complexity index is 929. The van der Waals surface area contributed by atoms with Gasteiger partial charge in [-0.15, -0.1) is 0 Å². The van der Waals surface area contributed by atoms with Crippen molar-refractivity contribution in [3.8, 4) is 6.07 Å². The van der Waals surface area contributed by atoms with Crippen molar-refractivity contribution in [2.45, 2.75) is 20.0 Å². The van der Waals surface area contributed by atoms with Gasteiger partial charge in [-0.05, 0) is 49.2 Å². The van der Waals surface area contributed by atoms with Gasteiger partial charge >= 0.3 is 0 Å². The van der Waals surface area contributed by atoms with Crippen LogP contribution >= 0.6 is 0 Å². The van der Waals surface area contributed by atoms with E-state index >= 15 is 0 Å². The molecule has 5 heteroatoms. The first-order valence-corrected chi connectivity index (χ1v) is 7.92. The van der Waals surface area contributed by atoms with Crippen molar-refractivity contribution in [1.29, 1.82) is 5.26 Å². The van der Waals surface area contributed by atoms with E-state index in [1.807, 2.05) is 38.1 Å². The van der Waals surface area contributed by atoms with Crippen molar-refractivity contribution in [1.82, 2.24) is 9.97 Å². The van der Waals surface area contributed by atoms with Gasteiger partial charge in [-0.3, -0.25) is 0 Å². The highest BCUT2D eigenvalue weighted by molar-refractivity contribution is 5.55. The number of aryl methyl sites for hydroxylation is 2. The molecule has 0 saturated carbocycles. The Kier molecular flexibility index (Phi) is 4.73. The van der Waals surface area contributed by atoms with E-state index in [9.17, 15) is 5.11 Å². The SMILES string of the molecule is Cc1cccc(C(O)c2nc(Nc3ccc(C#N)cc3)ncc2C)c1. The van der Waals surface area contributed by atoms with Crippen LogP contribution in [0.15, 0.2) is 54.7 Å². The Balaban J connectivity index is 1.88. The lowest BCUT2D eigenvalue weighted by Gasteiger charge is -2.15. The maximum absolute atomic E-state index is 10.7. The van der Waals surface area contributed by atoms with Gasteiger partial charge in [0.25, 0.3) is 0 Å². The predicted octanol–water partition coefficient (Wildman–Crippen LogP) is 3.79. The van der Waals surface area contributed by atoms with Crippen LogP contribution in [0.3, 0.4) is 0 Å². The number of anilines is 2. The fourth-order valence-corrected chi connectivity index (χ4v) is 2.55. The molecule has 1 unspecified atom stereocenters. The van der Waals surface area contributed by atoms with Crippen LogP contribution in [0.5, 0.6) is 0 Å². The summed E-state index contributed by atoms with van der Waals surface area (Å²) in [5.74, 6) is 0.400. The maximum atomic E-state index is 10.7. The molecule has 25 heavy (non-hydrogen) atoms. The van der Waals surface area contributed by atoms with Crippen LogP contribution in [0.4, 0.5) is 11.6 Å². The molecule has 0 radical (unpaired) electrons. The second-order valence-electron chi connectivity index (χ2n) is 5.89. The lowest BCUT2D eigenvalue weighted by atomic mass is 10.0. The second kappa shape index (κ2) is 7.12. The van der Waals surface area contributed by atoms with E-state index in [-0.39, 0.29) is 0 Å². The van der Waals surface area contributed by atoms with Crippen LogP contribution in [0, 0.1) is 25.2 Å². The summed E-state index contributed by atoms with van der Waals surface area (Å²) >= 11 is 0. The predicted molar refractivity (Wildman–Crippen MR) is 96.4 cm³/mol. The molecule has 5 nitrogen and oxygen atoms in total. The van der Waals surface area contributed by atoms with E-state index in [4.69, 9.17) is 5.26 Å². The van der Waals surface area contributed by atoms with Gasteiger partial charge in [0.1, 0.15) is 6.10 Å². The summed E-state index contributed by atoms with van der Waals surface area (Å²) in [5, 5.41) is 22.7. The molecule has 0 aliphatic carbocycles. The fourth-order valence-electron chi connectivity index (χ4n) is 2.55. The summed E-state index contributed by atoms with van der Waals surface area (Å²) in [7, 11) is 0. The van der Waals surface area contributed by atoms with E-state index in [1.54, 1.807) is 30.5 Å². The van der Waals surface area contributed by atoms with Crippen LogP contribution in [0.1, 0.15) is 34.1 Å². The van der Waals surface area contributed by atoms with E-state index in [1.165, 1.54) is 0 Å². The Morgan fingerprint density at radius 1 is 1.12 bits per heavy atom. The molecule has 0 fully saturated rings. The zero-order valence-corrected chi connectivity index (χ0v) is 14.1. The molecule has 0 bridgehead atoms. The fraction of sp³-hybridized carbons (Fsp3) is 0.150. The van der Waals surface area contributed by atoms with Gasteiger partial charge in [0.2, 0.25) is 5.95 Å². The minimum absolute atomic E-state index is 0.400. The van der Waals surface area contributed by atoms with E-state index in [0.29, 0.717) is 17.2 Å². The first-order valence-electron chi connectivity index (χ1n) is 7.92. The van der Waals surface area contributed by atoms with Crippen LogP contribution < -0.4 is 5.32 Å². The molecule has 0 aliphatic heterocycles. The molecule has 124 valence electrons. The molecule has 3 aromatic rings. The minimum Gasteiger partial charge on any atom is -0.382 e. The normalized spacial score (nSPS) is 11.6. The summed E-state index contributed by atoms with van der Waals surface area (Å²) in [6, 6.07) is 16.8. The number of rotatable bonds is 4. The van der Waals surface area contributed by atoms with Gasteiger partial charge in [-0.1, -0.05) is 29.8 Å². The van der Waals surface area contributed by atoms with Crippen LogP contribution in [-0.2, 0) is 0 Å². The summed E-state index contributed by atoms with van der Waals surface area (Å²) in [6.07, 6.45) is 0.872. The smallest absolute Gasteiger partial charge is 0.227 e. The average Bonchev–Trinajstić information content (AvgIpc) is 2.63. The number of hydrogen-bond donors (Lipinski definition) is 2. The zero-order valence-electron chi connectivity index (χ0n) is 14.1. The number of nitrogens with zero attached hydrogens (tertiary/aromatic N) is 3. The molecule has 1 aromatic heterocycles. The Morgan fingerprint density at radius 3 is 2.56 bits per heavy atom. The van der Waals surface area contributed by atoms with Gasteiger partial charge in [0, 0.05) is 11.9 Å². The number of aliphatic hydroxyl groups is 1. The van der Waals surface area contributed by atoms with Crippen molar-refractivity contribution >= 4 is 11.6 Å². The highest BCUT2D eigenvalue weighted by atomic mass is 16.3. The molecule has 0 aliphatic rings. The van der Waals surface area contributed by atoms with E-state index in [0.717, 1.165) is 22.4 Å². The van der Waals surface area contributed by atoms with E-state index < -0.39 is 6.10 Å². The Hall–Kier alpha value is -3.23. The Labute approximate surface area is 146 Å². The summed E-state index contributed by atoms with van der Waals surface area (Å²) in [6.45, 7) is 3.86. The third-order valence-corrected chi connectivity index (χ3v) is 3.90. The number of aromatic nitrogens is 2. The monoisotopic (exact) mass is 330 g/mol. The molecule has 3 rings (SSSR count). The van der Waals surface area contributed by atoms with Gasteiger partial charge in [-0.2, -0.15) is 5.26 Å². The number of nitriles is 1. The summed E-state index contributed by atoms with van der Waals surface area (Å²) in [5.41, 5.74) is 4.63. The number of nitrogens with one attached hydrogen (secondary N) is 1.